The molecule has 2 aromatic heterocycles. The summed E-state index contributed by atoms with van der Waals surface area (Å²) in [6.45, 7) is -1.03. The predicted molar refractivity (Wildman–Crippen MR) is 243 cm³/mol. The van der Waals surface area contributed by atoms with Crippen molar-refractivity contribution in [2.45, 2.75) is 22.6 Å². The van der Waals surface area contributed by atoms with Crippen molar-refractivity contribution in [2.24, 2.45) is 0 Å². The molecule has 24 nitrogen and oxygen atoms in total. The average Bonchev–Trinajstić information content (AvgIpc) is 3.31. The number of aromatic carboxylic acids is 1. The number of aliphatic hydroxyl groups excluding tert-OH is 4. The summed E-state index contributed by atoms with van der Waals surface area (Å²) < 4.78 is 75.9. The normalized spacial score (nSPS) is 10.7. The van der Waals surface area contributed by atoms with Crippen molar-refractivity contribution in [1.82, 2.24) is 29.9 Å². The molecule has 30 heteroatoms. The van der Waals surface area contributed by atoms with Crippen LogP contribution in [-0.2, 0) is 42.7 Å². The number of benzene rings is 4. The molecule has 0 aliphatic rings. The number of carbonyl (C=O) groups is 1. The maximum atomic E-state index is 12.6. The van der Waals surface area contributed by atoms with Crippen LogP contribution in [0, 0.1) is 6.07 Å². The molecule has 0 radical (unpaired) electrons. The molecule has 0 aliphatic carbocycles. The predicted octanol–water partition coefficient (Wildman–Crippen LogP) is -12.1. The van der Waals surface area contributed by atoms with E-state index in [1.54, 1.807) is 24.3 Å². The first-order valence-corrected chi connectivity index (χ1v) is 23.4. The minimum Gasteiger partial charge on any atom is -0.744 e. The van der Waals surface area contributed by atoms with Gasteiger partial charge in [-0.1, -0.05) is 60.3 Å². The third-order valence-electron chi connectivity index (χ3n) is 9.60. The molecule has 0 atom stereocenters. The summed E-state index contributed by atoms with van der Waals surface area (Å²) in [6, 6.07) is 23.0. The maximum Gasteiger partial charge on any atom is 1.00 e. The number of hydrogen-bond donors (Lipinski definition) is 6. The van der Waals surface area contributed by atoms with Crippen molar-refractivity contribution in [3.05, 3.63) is 130 Å². The molecule has 4 aromatic carbocycles. The van der Waals surface area contributed by atoms with E-state index in [0.29, 0.717) is 11.3 Å². The van der Waals surface area contributed by atoms with Crippen molar-refractivity contribution in [3.63, 3.8) is 0 Å². The van der Waals surface area contributed by atoms with Crippen molar-refractivity contribution in [2.75, 3.05) is 73.0 Å². The second-order valence-electron chi connectivity index (χ2n) is 14.4. The summed E-state index contributed by atoms with van der Waals surface area (Å²) in [5.74, 6) is -0.972. The third-order valence-corrected chi connectivity index (χ3v) is 11.4. The summed E-state index contributed by atoms with van der Waals surface area (Å²) >= 11 is 0. The van der Waals surface area contributed by atoms with Gasteiger partial charge < -0.3 is 59.9 Å². The molecule has 0 saturated carbocycles. The number of nitrogens with zero attached hydrogens (tertiary/aromatic N) is 8. The first-order chi connectivity index (χ1) is 33.5. The summed E-state index contributed by atoms with van der Waals surface area (Å²) in [6.07, 6.45) is 2.52. The quantitative estimate of drug-likeness (QED) is 0.0150. The van der Waals surface area contributed by atoms with Crippen LogP contribution in [0.15, 0.2) is 94.7 Å². The van der Waals surface area contributed by atoms with Gasteiger partial charge in [-0.25, -0.2) is 16.8 Å². The van der Waals surface area contributed by atoms with Crippen molar-refractivity contribution >= 4 is 79.7 Å². The number of nitrogens with one attached hydrogen (secondary N) is 2. The number of anilines is 6. The monoisotopic (exact) mass is 1090 g/mol. The van der Waals surface area contributed by atoms with Crippen LogP contribution in [0.1, 0.15) is 44.3 Å². The molecule has 74 heavy (non-hydrogen) atoms. The van der Waals surface area contributed by atoms with Crippen molar-refractivity contribution < 1.29 is 184 Å². The van der Waals surface area contributed by atoms with Gasteiger partial charge >= 0.3 is 124 Å². The number of rotatable bonds is 23. The topological polar surface area (TPSA) is 377 Å². The van der Waals surface area contributed by atoms with Crippen LogP contribution in [0.3, 0.4) is 0 Å². The molecule has 0 amide bonds. The van der Waals surface area contributed by atoms with Gasteiger partial charge in [-0.15, -0.1) is 12.1 Å². The van der Waals surface area contributed by atoms with E-state index in [1.807, 2.05) is 0 Å². The minimum absolute atomic E-state index is 0. The van der Waals surface area contributed by atoms with Crippen LogP contribution in [-0.4, -0.2) is 141 Å². The average molecular weight is 1090 g/mol. The zero-order valence-electron chi connectivity index (χ0n) is 40.6. The molecule has 0 aliphatic heterocycles. The van der Waals surface area contributed by atoms with Gasteiger partial charge in [-0.2, -0.15) is 57.7 Å². The first kappa shape index (κ1) is 68.4. The Morgan fingerprint density at radius 1 is 0.581 bits per heavy atom. The Kier molecular flexibility index (Phi) is 30.9. The molecule has 0 fully saturated rings. The van der Waals surface area contributed by atoms with Crippen LogP contribution < -0.4 is 144 Å². The van der Waals surface area contributed by atoms with E-state index in [9.17, 15) is 56.3 Å². The van der Waals surface area contributed by atoms with Gasteiger partial charge in [0.1, 0.15) is 31.9 Å². The smallest absolute Gasteiger partial charge is 0.744 e. The molecule has 6 rings (SSSR count). The number of aliphatic hydroxyl groups is 4. The Morgan fingerprint density at radius 2 is 0.986 bits per heavy atom. The number of carbonyl (C=O) groups excluding carboxylic acids is 3. The minimum atomic E-state index is -5.21. The number of carboxylic acids is 1. The summed E-state index contributed by atoms with van der Waals surface area (Å²) in [5, 5.41) is 55.7. The fraction of sp³-hybridized carbons (Fsp3) is 0.227. The first-order valence-electron chi connectivity index (χ1n) is 20.6. The van der Waals surface area contributed by atoms with Gasteiger partial charge in [-0.05, 0) is 46.0 Å². The fourth-order valence-electron chi connectivity index (χ4n) is 6.52. The van der Waals surface area contributed by atoms with E-state index >= 15 is 0 Å². The largest absolute Gasteiger partial charge is 1.00 e. The molecule has 0 spiro atoms. The van der Waals surface area contributed by atoms with Crippen LogP contribution in [0.5, 0.6) is 0 Å². The molecule has 368 valence electrons. The Balaban J connectivity index is 0.00000382. The van der Waals surface area contributed by atoms with E-state index in [4.69, 9.17) is 9.59 Å². The zero-order chi connectivity index (χ0) is 50.8. The van der Waals surface area contributed by atoms with E-state index in [-0.39, 0.29) is 253 Å². The molecule has 0 bridgehead atoms. The van der Waals surface area contributed by atoms with Gasteiger partial charge in [0.05, 0.1) is 42.2 Å². The molecular formula is C44H42N10Na4O14S2. The Bertz CT molecular complexity index is 3050. The Morgan fingerprint density at radius 3 is 1.42 bits per heavy atom. The van der Waals surface area contributed by atoms with Crippen molar-refractivity contribution in [3.8, 4) is 0 Å². The van der Waals surface area contributed by atoms with Gasteiger partial charge in [0.2, 0.25) is 23.8 Å². The summed E-state index contributed by atoms with van der Waals surface area (Å²) in [7, 11) is -10.4. The molecule has 2 heterocycles. The Hall–Kier alpha value is -3.65. The Labute approximate surface area is 513 Å². The van der Waals surface area contributed by atoms with E-state index in [1.165, 1.54) is 58.3 Å². The second kappa shape index (κ2) is 33.5. The molecule has 6 aromatic rings. The van der Waals surface area contributed by atoms with Gasteiger partial charge in [0.15, 0.2) is 0 Å². The van der Waals surface area contributed by atoms with Gasteiger partial charge in [-0.3, -0.25) is 0 Å². The maximum absolute atomic E-state index is 12.6. The molecule has 0 saturated heterocycles. The van der Waals surface area contributed by atoms with E-state index < -0.39 is 36.0 Å². The van der Waals surface area contributed by atoms with Crippen LogP contribution in [0.25, 0.3) is 12.2 Å². The fourth-order valence-corrected chi connectivity index (χ4v) is 7.93. The van der Waals surface area contributed by atoms with Gasteiger partial charge in [0.25, 0.3) is 0 Å². The second-order valence-corrected chi connectivity index (χ2v) is 17.1. The van der Waals surface area contributed by atoms with E-state index in [0.717, 1.165) is 24.3 Å². The van der Waals surface area contributed by atoms with Gasteiger partial charge in [0, 0.05) is 44.7 Å². The van der Waals surface area contributed by atoms with E-state index in [2.05, 4.69) is 46.6 Å². The number of carboxylic acid groups (broad SMARTS) is 1. The molecular weight excluding hydrogens is 1050 g/mol. The van der Waals surface area contributed by atoms with Crippen molar-refractivity contribution in [1.29, 1.82) is 0 Å². The molecule has 0 unspecified atom stereocenters. The number of aromatic nitrogens is 6. The number of hydrogen-bond acceptors (Lipinski definition) is 24. The van der Waals surface area contributed by atoms with Crippen LogP contribution in [0.4, 0.5) is 35.2 Å². The summed E-state index contributed by atoms with van der Waals surface area (Å²) in [4.78, 5) is 55.7. The van der Waals surface area contributed by atoms with Crippen LogP contribution in [0.2, 0.25) is 0 Å². The summed E-state index contributed by atoms with van der Waals surface area (Å²) in [5.41, 5.74) is 1.16. The molecule has 6 N–H and O–H groups in total. The van der Waals surface area contributed by atoms with Crippen LogP contribution >= 0.6 is 0 Å². The SMILES string of the molecule is O=C([O-])c1ccc(Cc2nc(Nc3ccc(/C=C/c4ccc(Cc5nc(Nc6cc[c-]cc6)nc(N(CCO)CCO)n5)cc4S(=O)(=O)[O-])c(S(=O)(=O)[O-])c3)nc(N(CCO)CCO)n2)cc1.O=C=O.[Na+].[Na+].[Na+].[Na+]. The standard InChI is InChI=1S/C43H45N10O12S2.CO2.4Na/c54-20-16-52(17-21-55)42-48-37(25-28-6-10-32(11-7-28)39(58)59)46-41(51-42)45-34-15-14-31(36(27-34)67(63,64)65)13-12-30-9-8-29(24-35(30)66(60,61)62)26-38-47-40(44-33-4-2-1-3-5-33)50-43(49-38)53(18-22-56)19-23-57;2-1-3;;;;/h2-15,24,27,54-57H,16-23,25-26H2,(H,58,59)(H,60,61,62)(H,63,64,65)(H,44,47,49,50)(H,45,46,48,51);;;;;/q-1;;4*+1/p-3/b13-12+;;;;;. The zero-order valence-corrected chi connectivity index (χ0v) is 50.2. The third kappa shape index (κ3) is 21.1.